The van der Waals surface area contributed by atoms with Gasteiger partial charge in [-0.15, -0.1) is 0 Å². The summed E-state index contributed by atoms with van der Waals surface area (Å²) < 4.78 is 7.55. The molecule has 3 aromatic rings. The molecule has 1 heterocycles. The van der Waals surface area contributed by atoms with Crippen LogP contribution in [0.1, 0.15) is 17.5 Å². The van der Waals surface area contributed by atoms with Gasteiger partial charge >= 0.3 is 0 Å². The Morgan fingerprint density at radius 3 is 2.63 bits per heavy atom. The van der Waals surface area contributed by atoms with Crippen molar-refractivity contribution in [3.8, 4) is 17.1 Å². The maximum atomic E-state index is 12.2. The van der Waals surface area contributed by atoms with Crippen LogP contribution in [0.4, 0.5) is 0 Å². The van der Waals surface area contributed by atoms with E-state index in [0.29, 0.717) is 30.1 Å². The fourth-order valence-corrected chi connectivity index (χ4v) is 3.97. The van der Waals surface area contributed by atoms with Crippen LogP contribution >= 0.6 is 24.0 Å². The van der Waals surface area contributed by atoms with Crippen LogP contribution < -0.4 is 10.1 Å². The number of carbonyl (C=O) groups excluding carboxylic acids is 1. The van der Waals surface area contributed by atoms with Gasteiger partial charge < -0.3 is 10.1 Å². The van der Waals surface area contributed by atoms with Crippen molar-refractivity contribution in [3.63, 3.8) is 0 Å². The Balaban J connectivity index is 1.44. The van der Waals surface area contributed by atoms with Crippen molar-refractivity contribution in [3.05, 3.63) is 64.4 Å². The van der Waals surface area contributed by atoms with Crippen molar-refractivity contribution in [2.24, 2.45) is 0 Å². The van der Waals surface area contributed by atoms with Crippen LogP contribution in [-0.2, 0) is 17.1 Å². The molecular weight excluding hydrogens is 416 g/mol. The summed E-state index contributed by atoms with van der Waals surface area (Å²) in [5.74, 6) is 3.32. The Kier molecular flexibility index (Phi) is 8.10. The van der Waals surface area contributed by atoms with Crippen molar-refractivity contribution in [1.29, 1.82) is 0 Å². The van der Waals surface area contributed by atoms with E-state index < -0.39 is 0 Å². The third kappa shape index (κ3) is 6.21. The minimum Gasteiger partial charge on any atom is -0.497 e. The number of benzene rings is 2. The number of aryl methyl sites for hydroxylation is 1. The van der Waals surface area contributed by atoms with E-state index in [2.05, 4.69) is 46.7 Å². The number of rotatable bonds is 10. The van der Waals surface area contributed by atoms with E-state index in [9.17, 15) is 4.79 Å². The third-order valence-electron chi connectivity index (χ3n) is 4.63. The van der Waals surface area contributed by atoms with Gasteiger partial charge in [-0.25, -0.2) is 0 Å². The summed E-state index contributed by atoms with van der Waals surface area (Å²) in [7, 11) is 1.63. The molecule has 0 radical (unpaired) electrons. The zero-order valence-corrected chi connectivity index (χ0v) is 18.8. The van der Waals surface area contributed by atoms with Crippen LogP contribution in [0.15, 0.2) is 48.5 Å². The number of ether oxygens (including phenoxy) is 1. The van der Waals surface area contributed by atoms with Gasteiger partial charge in [0.2, 0.25) is 5.91 Å². The molecule has 1 amide bonds. The molecule has 0 aliphatic carbocycles. The maximum Gasteiger partial charge on any atom is 0.221 e. The number of carbonyl (C=O) groups is 1. The number of aromatic amines is 1. The van der Waals surface area contributed by atoms with Gasteiger partial charge in [-0.05, 0) is 49.0 Å². The fourth-order valence-electron chi connectivity index (χ4n) is 2.92. The number of hydrogen-bond acceptors (Lipinski definition) is 5. The molecule has 0 saturated heterocycles. The topological polar surface area (TPSA) is 71.9 Å². The van der Waals surface area contributed by atoms with Gasteiger partial charge in [-0.2, -0.15) is 16.9 Å². The molecular formula is C22H26N4O2S2. The molecule has 0 spiro atoms. The molecule has 2 aromatic carbocycles. The highest BCUT2D eigenvalue weighted by atomic mass is 32.2. The fraction of sp³-hybridized carbons (Fsp3) is 0.318. The molecule has 6 nitrogen and oxygen atoms in total. The van der Waals surface area contributed by atoms with Crippen LogP contribution in [0.3, 0.4) is 0 Å². The SMILES string of the molecule is COc1ccc(-c2n[nH]c(=S)n2CCC(=O)NCCSCc2ccc(C)cc2)cc1. The van der Waals surface area contributed by atoms with Crippen LogP contribution in [-0.4, -0.2) is 40.1 Å². The Morgan fingerprint density at radius 2 is 1.93 bits per heavy atom. The van der Waals surface area contributed by atoms with E-state index in [1.54, 1.807) is 7.11 Å². The van der Waals surface area contributed by atoms with E-state index in [0.717, 1.165) is 22.8 Å². The summed E-state index contributed by atoms with van der Waals surface area (Å²) in [6.07, 6.45) is 0.347. The summed E-state index contributed by atoms with van der Waals surface area (Å²) in [6, 6.07) is 16.1. The summed E-state index contributed by atoms with van der Waals surface area (Å²) in [5.41, 5.74) is 3.48. The van der Waals surface area contributed by atoms with Crippen LogP contribution in [0.5, 0.6) is 5.75 Å². The lowest BCUT2D eigenvalue weighted by molar-refractivity contribution is -0.121. The first-order valence-electron chi connectivity index (χ1n) is 9.76. The van der Waals surface area contributed by atoms with Gasteiger partial charge in [-0.1, -0.05) is 29.8 Å². The van der Waals surface area contributed by atoms with Gasteiger partial charge in [0.25, 0.3) is 0 Å². The second kappa shape index (κ2) is 11.0. The highest BCUT2D eigenvalue weighted by molar-refractivity contribution is 7.98. The third-order valence-corrected chi connectivity index (χ3v) is 5.97. The largest absolute Gasteiger partial charge is 0.497 e. The number of thioether (sulfide) groups is 1. The predicted octanol–water partition coefficient (Wildman–Crippen LogP) is 4.36. The second-order valence-electron chi connectivity index (χ2n) is 6.87. The summed E-state index contributed by atoms with van der Waals surface area (Å²) >= 11 is 7.15. The lowest BCUT2D eigenvalue weighted by Crippen LogP contribution is -2.26. The predicted molar refractivity (Wildman–Crippen MR) is 124 cm³/mol. The van der Waals surface area contributed by atoms with Crippen molar-refractivity contribution in [2.75, 3.05) is 19.4 Å². The monoisotopic (exact) mass is 442 g/mol. The molecule has 0 fully saturated rings. The molecule has 30 heavy (non-hydrogen) atoms. The minimum absolute atomic E-state index is 0.00900. The lowest BCUT2D eigenvalue weighted by Gasteiger charge is -2.09. The number of H-pyrrole nitrogens is 1. The zero-order chi connectivity index (χ0) is 21.3. The smallest absolute Gasteiger partial charge is 0.221 e. The highest BCUT2D eigenvalue weighted by Gasteiger charge is 2.11. The molecule has 3 rings (SSSR count). The Labute approximate surface area is 186 Å². The van der Waals surface area contributed by atoms with Gasteiger partial charge in [0.15, 0.2) is 10.6 Å². The quantitative estimate of drug-likeness (QED) is 0.360. The maximum absolute atomic E-state index is 12.2. The molecule has 8 heteroatoms. The van der Waals surface area contributed by atoms with Crippen molar-refractivity contribution < 1.29 is 9.53 Å². The number of hydrogen-bond donors (Lipinski definition) is 2. The van der Waals surface area contributed by atoms with Gasteiger partial charge in [0, 0.05) is 36.6 Å². The van der Waals surface area contributed by atoms with Crippen molar-refractivity contribution >= 4 is 29.9 Å². The number of aromatic nitrogens is 3. The van der Waals surface area contributed by atoms with E-state index in [-0.39, 0.29) is 5.91 Å². The number of amides is 1. The number of nitrogens with one attached hydrogen (secondary N) is 2. The zero-order valence-electron chi connectivity index (χ0n) is 17.2. The van der Waals surface area contributed by atoms with Gasteiger partial charge in [-0.3, -0.25) is 14.5 Å². The number of methoxy groups -OCH3 is 1. The molecule has 0 atom stereocenters. The van der Waals surface area contributed by atoms with E-state index in [1.807, 2.05) is 40.6 Å². The Bertz CT molecular complexity index is 1010. The Hall–Kier alpha value is -2.58. The lowest BCUT2D eigenvalue weighted by atomic mass is 10.2. The van der Waals surface area contributed by atoms with E-state index in [4.69, 9.17) is 17.0 Å². The minimum atomic E-state index is 0.00900. The van der Waals surface area contributed by atoms with E-state index in [1.165, 1.54) is 11.1 Å². The summed E-state index contributed by atoms with van der Waals surface area (Å²) in [6.45, 7) is 3.21. The molecule has 2 N–H and O–H groups in total. The second-order valence-corrected chi connectivity index (χ2v) is 8.36. The van der Waals surface area contributed by atoms with Crippen LogP contribution in [0, 0.1) is 11.7 Å². The molecule has 0 bridgehead atoms. The first-order chi connectivity index (χ1) is 14.6. The Morgan fingerprint density at radius 1 is 1.20 bits per heavy atom. The molecule has 0 aliphatic heterocycles. The molecule has 158 valence electrons. The van der Waals surface area contributed by atoms with Gasteiger partial charge in [0.1, 0.15) is 5.75 Å². The van der Waals surface area contributed by atoms with Crippen molar-refractivity contribution in [1.82, 2.24) is 20.1 Å². The average Bonchev–Trinajstić information content (AvgIpc) is 3.13. The van der Waals surface area contributed by atoms with Crippen LogP contribution in [0.2, 0.25) is 0 Å². The van der Waals surface area contributed by atoms with E-state index >= 15 is 0 Å². The first-order valence-corrected chi connectivity index (χ1v) is 11.3. The first kappa shape index (κ1) is 22.1. The summed E-state index contributed by atoms with van der Waals surface area (Å²) in [5, 5.41) is 10.1. The molecule has 0 aliphatic rings. The normalized spacial score (nSPS) is 10.7. The molecule has 1 aromatic heterocycles. The number of nitrogens with zero attached hydrogens (tertiary/aromatic N) is 2. The standard InChI is InChI=1S/C22H26N4O2S2/c1-16-3-5-17(6-4-16)15-30-14-12-23-20(27)11-13-26-21(24-25-22(26)29)18-7-9-19(28-2)10-8-18/h3-10H,11-15H2,1-2H3,(H,23,27)(H,25,29). The van der Waals surface area contributed by atoms with Gasteiger partial charge in [0.05, 0.1) is 7.11 Å². The summed E-state index contributed by atoms with van der Waals surface area (Å²) in [4.78, 5) is 12.2. The van der Waals surface area contributed by atoms with Crippen molar-refractivity contribution in [2.45, 2.75) is 25.6 Å². The average molecular weight is 443 g/mol. The molecule has 0 saturated carbocycles. The van der Waals surface area contributed by atoms with Crippen LogP contribution in [0.25, 0.3) is 11.4 Å². The highest BCUT2D eigenvalue weighted by Crippen LogP contribution is 2.21. The molecule has 0 unspecified atom stereocenters.